The SMILES string of the molecule is NCC1CCCC(CNc2nc(C=Cc3cccc4ccccc34)nc3ccccc23)C1. The zero-order chi connectivity index (χ0) is 21.8. The molecule has 1 aliphatic rings. The fraction of sp³-hybridized carbons (Fsp3) is 0.286. The second-order valence-electron chi connectivity index (χ2n) is 8.86. The summed E-state index contributed by atoms with van der Waals surface area (Å²) >= 11 is 0. The van der Waals surface area contributed by atoms with Crippen LogP contribution in [-0.2, 0) is 0 Å². The van der Waals surface area contributed by atoms with Crippen LogP contribution in [0, 0.1) is 11.8 Å². The molecule has 1 aromatic heterocycles. The van der Waals surface area contributed by atoms with Gasteiger partial charge in [0.25, 0.3) is 0 Å². The van der Waals surface area contributed by atoms with E-state index in [0.717, 1.165) is 35.6 Å². The molecule has 0 aliphatic heterocycles. The van der Waals surface area contributed by atoms with Crippen LogP contribution >= 0.6 is 0 Å². The van der Waals surface area contributed by atoms with E-state index in [4.69, 9.17) is 15.7 Å². The predicted octanol–water partition coefficient (Wildman–Crippen LogP) is 6.13. The minimum Gasteiger partial charge on any atom is -0.369 e. The number of benzene rings is 3. The fourth-order valence-electron chi connectivity index (χ4n) is 4.91. The summed E-state index contributed by atoms with van der Waals surface area (Å²) in [7, 11) is 0. The van der Waals surface area contributed by atoms with Crippen LogP contribution in [0.15, 0.2) is 66.7 Å². The number of para-hydroxylation sites is 1. The number of anilines is 1. The molecule has 5 rings (SSSR count). The fourth-order valence-corrected chi connectivity index (χ4v) is 4.91. The van der Waals surface area contributed by atoms with Crippen molar-refractivity contribution in [3.05, 3.63) is 78.1 Å². The summed E-state index contributed by atoms with van der Waals surface area (Å²) in [5.74, 6) is 2.96. The molecule has 0 bridgehead atoms. The van der Waals surface area contributed by atoms with Gasteiger partial charge in [-0.3, -0.25) is 0 Å². The summed E-state index contributed by atoms with van der Waals surface area (Å²) < 4.78 is 0. The number of nitrogens with zero attached hydrogens (tertiary/aromatic N) is 2. The average molecular weight is 423 g/mol. The number of nitrogens with one attached hydrogen (secondary N) is 1. The first-order valence-corrected chi connectivity index (χ1v) is 11.7. The Morgan fingerprint density at radius 3 is 2.53 bits per heavy atom. The molecular weight excluding hydrogens is 392 g/mol. The first-order valence-electron chi connectivity index (χ1n) is 11.7. The van der Waals surface area contributed by atoms with Gasteiger partial charge in [0.2, 0.25) is 0 Å². The molecule has 2 unspecified atom stereocenters. The summed E-state index contributed by atoms with van der Waals surface area (Å²) in [6, 6.07) is 23.0. The Balaban J connectivity index is 1.42. The molecule has 1 heterocycles. The predicted molar refractivity (Wildman–Crippen MR) is 135 cm³/mol. The summed E-state index contributed by atoms with van der Waals surface area (Å²) in [5, 5.41) is 7.18. The quantitative estimate of drug-likeness (QED) is 0.392. The van der Waals surface area contributed by atoms with E-state index in [1.165, 1.54) is 42.0 Å². The van der Waals surface area contributed by atoms with Crippen LogP contribution in [0.1, 0.15) is 37.1 Å². The molecular formula is C28H30N4. The van der Waals surface area contributed by atoms with Gasteiger partial charge in [-0.25, -0.2) is 9.97 Å². The third kappa shape index (κ3) is 4.51. The Labute approximate surface area is 189 Å². The standard InChI is InChI=1S/C28H30N4/c29-18-20-7-5-8-21(17-20)19-30-28-25-13-3-4-14-26(25)31-27(32-28)16-15-23-11-6-10-22-9-1-2-12-24(22)23/h1-4,6,9-16,20-21H,5,7-8,17-19,29H2,(H,30,31,32). The van der Waals surface area contributed by atoms with E-state index in [0.29, 0.717) is 11.8 Å². The van der Waals surface area contributed by atoms with Crippen molar-refractivity contribution in [2.75, 3.05) is 18.4 Å². The van der Waals surface area contributed by atoms with Crippen molar-refractivity contribution >= 4 is 39.6 Å². The second kappa shape index (κ2) is 9.49. The maximum absolute atomic E-state index is 5.93. The molecule has 32 heavy (non-hydrogen) atoms. The molecule has 4 aromatic rings. The lowest BCUT2D eigenvalue weighted by Crippen LogP contribution is -2.26. The number of nitrogens with two attached hydrogens (primary N) is 1. The Hall–Kier alpha value is -3.24. The van der Waals surface area contributed by atoms with Gasteiger partial charge in [-0.15, -0.1) is 0 Å². The summed E-state index contributed by atoms with van der Waals surface area (Å²) in [4.78, 5) is 9.68. The molecule has 0 radical (unpaired) electrons. The monoisotopic (exact) mass is 422 g/mol. The van der Waals surface area contributed by atoms with Crippen molar-refractivity contribution in [1.82, 2.24) is 9.97 Å². The Morgan fingerprint density at radius 2 is 1.62 bits per heavy atom. The van der Waals surface area contributed by atoms with Gasteiger partial charge in [-0.1, -0.05) is 67.1 Å². The van der Waals surface area contributed by atoms with Gasteiger partial charge >= 0.3 is 0 Å². The number of fused-ring (bicyclic) bond motifs is 2. The van der Waals surface area contributed by atoms with Gasteiger partial charge in [-0.05, 0) is 72.2 Å². The molecule has 0 saturated heterocycles. The van der Waals surface area contributed by atoms with Gasteiger partial charge in [0.15, 0.2) is 5.82 Å². The van der Waals surface area contributed by atoms with Crippen LogP contribution in [0.4, 0.5) is 5.82 Å². The van der Waals surface area contributed by atoms with Crippen LogP contribution in [0.2, 0.25) is 0 Å². The number of rotatable bonds is 6. The topological polar surface area (TPSA) is 63.8 Å². The van der Waals surface area contributed by atoms with Crippen molar-refractivity contribution in [3.8, 4) is 0 Å². The summed E-state index contributed by atoms with van der Waals surface area (Å²) in [6.45, 7) is 1.74. The Morgan fingerprint density at radius 1 is 0.844 bits per heavy atom. The van der Waals surface area contributed by atoms with E-state index in [2.05, 4.69) is 66.0 Å². The molecule has 2 atom stereocenters. The highest BCUT2D eigenvalue weighted by Crippen LogP contribution is 2.29. The lowest BCUT2D eigenvalue weighted by molar-refractivity contribution is 0.281. The molecule has 1 aliphatic carbocycles. The normalized spacial score (nSPS) is 19.0. The highest BCUT2D eigenvalue weighted by Gasteiger charge is 2.21. The number of hydrogen-bond acceptors (Lipinski definition) is 4. The van der Waals surface area contributed by atoms with Crippen LogP contribution in [0.3, 0.4) is 0 Å². The van der Waals surface area contributed by atoms with Crippen molar-refractivity contribution in [2.24, 2.45) is 17.6 Å². The highest BCUT2D eigenvalue weighted by atomic mass is 15.0. The summed E-state index contributed by atoms with van der Waals surface area (Å²) in [6.07, 6.45) is 9.15. The summed E-state index contributed by atoms with van der Waals surface area (Å²) in [5.41, 5.74) is 8.07. The van der Waals surface area contributed by atoms with E-state index in [1.807, 2.05) is 18.2 Å². The molecule has 0 amide bonds. The largest absolute Gasteiger partial charge is 0.369 e. The van der Waals surface area contributed by atoms with Crippen LogP contribution in [0.25, 0.3) is 33.8 Å². The molecule has 0 spiro atoms. The Bertz CT molecular complexity index is 1240. The third-order valence-corrected chi connectivity index (χ3v) is 6.64. The third-order valence-electron chi connectivity index (χ3n) is 6.64. The molecule has 3 N–H and O–H groups in total. The molecule has 4 heteroatoms. The lowest BCUT2D eigenvalue weighted by Gasteiger charge is -2.28. The van der Waals surface area contributed by atoms with Crippen LogP contribution in [-0.4, -0.2) is 23.1 Å². The number of hydrogen-bond donors (Lipinski definition) is 2. The van der Waals surface area contributed by atoms with Gasteiger partial charge < -0.3 is 11.1 Å². The molecule has 4 nitrogen and oxygen atoms in total. The molecule has 162 valence electrons. The van der Waals surface area contributed by atoms with Crippen LogP contribution < -0.4 is 11.1 Å². The first-order chi connectivity index (χ1) is 15.8. The van der Waals surface area contributed by atoms with E-state index in [9.17, 15) is 0 Å². The molecule has 1 saturated carbocycles. The van der Waals surface area contributed by atoms with Gasteiger partial charge in [0.1, 0.15) is 5.82 Å². The van der Waals surface area contributed by atoms with E-state index in [1.54, 1.807) is 0 Å². The maximum atomic E-state index is 5.93. The highest BCUT2D eigenvalue weighted by molar-refractivity contribution is 5.93. The van der Waals surface area contributed by atoms with Crippen molar-refractivity contribution in [2.45, 2.75) is 25.7 Å². The van der Waals surface area contributed by atoms with Gasteiger partial charge in [0.05, 0.1) is 5.52 Å². The van der Waals surface area contributed by atoms with Crippen molar-refractivity contribution in [1.29, 1.82) is 0 Å². The smallest absolute Gasteiger partial charge is 0.154 e. The van der Waals surface area contributed by atoms with E-state index >= 15 is 0 Å². The zero-order valence-corrected chi connectivity index (χ0v) is 18.4. The van der Waals surface area contributed by atoms with Gasteiger partial charge in [-0.2, -0.15) is 0 Å². The van der Waals surface area contributed by atoms with Crippen LogP contribution in [0.5, 0.6) is 0 Å². The van der Waals surface area contributed by atoms with Crippen molar-refractivity contribution in [3.63, 3.8) is 0 Å². The Kier molecular flexibility index (Phi) is 6.13. The maximum Gasteiger partial charge on any atom is 0.154 e. The first kappa shape index (κ1) is 20.7. The van der Waals surface area contributed by atoms with Gasteiger partial charge in [0, 0.05) is 11.9 Å². The minimum absolute atomic E-state index is 0.653. The molecule has 3 aromatic carbocycles. The number of aromatic nitrogens is 2. The second-order valence-corrected chi connectivity index (χ2v) is 8.86. The average Bonchev–Trinajstić information content (AvgIpc) is 2.86. The van der Waals surface area contributed by atoms with Crippen molar-refractivity contribution < 1.29 is 0 Å². The van der Waals surface area contributed by atoms with E-state index < -0.39 is 0 Å². The lowest BCUT2D eigenvalue weighted by atomic mass is 9.81. The zero-order valence-electron chi connectivity index (χ0n) is 18.4. The minimum atomic E-state index is 0.653. The molecule has 1 fully saturated rings. The van der Waals surface area contributed by atoms with E-state index in [-0.39, 0.29) is 0 Å².